The molecule has 0 bridgehead atoms. The molecule has 8 aromatic rings. The number of benzene rings is 6. The van der Waals surface area contributed by atoms with Crippen molar-refractivity contribution in [3.8, 4) is 22.5 Å². The van der Waals surface area contributed by atoms with Crippen LogP contribution in [0.15, 0.2) is 170 Å². The minimum Gasteiger partial charge on any atom is -0.370 e. The van der Waals surface area contributed by atoms with E-state index >= 15 is 0 Å². The maximum Gasteiger partial charge on any atom is 0.205 e. The fourth-order valence-electron chi connectivity index (χ4n) is 8.13. The third-order valence-electron chi connectivity index (χ3n) is 10.8. The first kappa shape index (κ1) is 39.4. The zero-order valence-electron chi connectivity index (χ0n) is 34.5. The first-order valence-corrected chi connectivity index (χ1v) is 20.7. The molecule has 296 valence electrons. The fourth-order valence-corrected chi connectivity index (χ4v) is 8.13. The normalized spacial score (nSPS) is 11.9. The zero-order valence-corrected chi connectivity index (χ0v) is 34.5. The van der Waals surface area contributed by atoms with Crippen LogP contribution in [0, 0.1) is 5.41 Å². The van der Waals surface area contributed by atoms with E-state index in [9.17, 15) is 0 Å². The highest BCUT2D eigenvalue weighted by atomic mass is 16.5. The Morgan fingerprint density at radius 3 is 1.66 bits per heavy atom. The zero-order chi connectivity index (χ0) is 40.7. The molecule has 7 heteroatoms. The van der Waals surface area contributed by atoms with Gasteiger partial charge in [-0.3, -0.25) is 4.68 Å². The number of rotatable bonds is 15. The molecule has 0 aliphatic carbocycles. The molecular weight excluding hydrogens is 725 g/mol. The second-order valence-electron chi connectivity index (χ2n) is 16.4. The number of tetrazole rings is 1. The van der Waals surface area contributed by atoms with E-state index in [0.717, 1.165) is 70.4 Å². The Morgan fingerprint density at radius 2 is 1.10 bits per heavy atom. The molecule has 0 saturated heterocycles. The van der Waals surface area contributed by atoms with Crippen LogP contribution in [0.5, 0.6) is 0 Å². The molecule has 0 amide bonds. The van der Waals surface area contributed by atoms with Crippen LogP contribution in [-0.2, 0) is 42.9 Å². The second-order valence-corrected chi connectivity index (χ2v) is 16.4. The van der Waals surface area contributed by atoms with E-state index in [1.807, 2.05) is 30.3 Å². The van der Waals surface area contributed by atoms with Gasteiger partial charge in [-0.1, -0.05) is 204 Å². The van der Waals surface area contributed by atoms with Crippen molar-refractivity contribution in [2.24, 2.45) is 5.41 Å². The van der Waals surface area contributed by atoms with Gasteiger partial charge in [-0.25, -0.2) is 0 Å². The Hall–Kier alpha value is -6.44. The van der Waals surface area contributed by atoms with Crippen LogP contribution in [-0.4, -0.2) is 30.0 Å². The van der Waals surface area contributed by atoms with Crippen molar-refractivity contribution in [1.82, 2.24) is 30.0 Å². The first-order chi connectivity index (χ1) is 28.8. The van der Waals surface area contributed by atoms with Crippen molar-refractivity contribution in [3.63, 3.8) is 0 Å². The standard InChI is InChI=1S/C52H52N6O/c1-5-20-49-47(48(54-57(49)38-51(2,3)4)37-59-36-40-21-10-6-11-22-40)35-39-31-33-41(34-32-39)45-29-18-19-30-46(45)50-53-56-58(55-50)52(42-23-12-7-13-24-42,43-25-14-8-15-26-43)44-27-16-9-17-28-44/h6-19,21-34H,5,20,35-38H2,1-4H3. The molecule has 0 atom stereocenters. The van der Waals surface area contributed by atoms with E-state index in [1.54, 1.807) is 4.80 Å². The van der Waals surface area contributed by atoms with E-state index < -0.39 is 5.54 Å². The Kier molecular flexibility index (Phi) is 11.7. The lowest BCUT2D eigenvalue weighted by Gasteiger charge is -2.34. The van der Waals surface area contributed by atoms with Crippen molar-refractivity contribution in [2.75, 3.05) is 0 Å². The van der Waals surface area contributed by atoms with E-state index in [0.29, 0.717) is 19.0 Å². The Morgan fingerprint density at radius 1 is 0.559 bits per heavy atom. The van der Waals surface area contributed by atoms with Crippen molar-refractivity contribution in [1.29, 1.82) is 0 Å². The molecule has 8 rings (SSSR count). The number of hydrogen-bond donors (Lipinski definition) is 0. The van der Waals surface area contributed by atoms with Crippen LogP contribution in [0.2, 0.25) is 0 Å². The summed E-state index contributed by atoms with van der Waals surface area (Å²) in [6, 6.07) is 58.9. The number of aromatic nitrogens is 6. The summed E-state index contributed by atoms with van der Waals surface area (Å²) in [4.78, 5) is 1.79. The maximum absolute atomic E-state index is 6.30. The minimum atomic E-state index is -0.853. The van der Waals surface area contributed by atoms with Crippen molar-refractivity contribution >= 4 is 0 Å². The van der Waals surface area contributed by atoms with E-state index in [1.165, 1.54) is 16.8 Å². The SMILES string of the molecule is CCCc1c(Cc2ccc(-c3ccccc3-c3nnn(C(c4ccccc4)(c4ccccc4)c4ccccc4)n3)cc2)c(COCc2ccccc2)nn1CC(C)(C)C. The van der Waals surface area contributed by atoms with Crippen LogP contribution in [0.3, 0.4) is 0 Å². The van der Waals surface area contributed by atoms with E-state index in [2.05, 4.69) is 172 Å². The topological polar surface area (TPSA) is 70.7 Å². The summed E-state index contributed by atoms with van der Waals surface area (Å²) in [7, 11) is 0. The third kappa shape index (κ3) is 8.57. The summed E-state index contributed by atoms with van der Waals surface area (Å²) in [6.07, 6.45) is 2.79. The van der Waals surface area contributed by atoms with Gasteiger partial charge in [0.15, 0.2) is 5.54 Å². The second kappa shape index (κ2) is 17.6. The molecule has 6 aromatic carbocycles. The van der Waals surface area contributed by atoms with Crippen LogP contribution >= 0.6 is 0 Å². The predicted octanol–water partition coefficient (Wildman–Crippen LogP) is 11.3. The molecular formula is C52H52N6O. The van der Waals surface area contributed by atoms with Crippen LogP contribution in [0.25, 0.3) is 22.5 Å². The van der Waals surface area contributed by atoms with Crippen molar-refractivity contribution < 1.29 is 4.74 Å². The van der Waals surface area contributed by atoms with Gasteiger partial charge in [0.25, 0.3) is 0 Å². The smallest absolute Gasteiger partial charge is 0.205 e. The highest BCUT2D eigenvalue weighted by Gasteiger charge is 2.41. The molecule has 0 saturated carbocycles. The van der Waals surface area contributed by atoms with Crippen LogP contribution in [0.4, 0.5) is 0 Å². The van der Waals surface area contributed by atoms with Gasteiger partial charge in [0.2, 0.25) is 5.82 Å². The molecule has 0 unspecified atom stereocenters. The van der Waals surface area contributed by atoms with E-state index in [4.69, 9.17) is 25.2 Å². The van der Waals surface area contributed by atoms with Gasteiger partial charge in [-0.15, -0.1) is 15.0 Å². The lowest BCUT2D eigenvalue weighted by atomic mass is 9.77. The van der Waals surface area contributed by atoms with Crippen molar-refractivity contribution in [3.05, 3.63) is 215 Å². The quantitative estimate of drug-likeness (QED) is 0.0970. The monoisotopic (exact) mass is 776 g/mol. The third-order valence-corrected chi connectivity index (χ3v) is 10.8. The van der Waals surface area contributed by atoms with Gasteiger partial charge in [0.05, 0.1) is 18.9 Å². The average Bonchev–Trinajstić information content (AvgIpc) is 3.87. The summed E-state index contributed by atoms with van der Waals surface area (Å²) >= 11 is 0. The number of ether oxygens (including phenoxy) is 1. The van der Waals surface area contributed by atoms with Gasteiger partial charge in [-0.05, 0) is 56.0 Å². The molecule has 0 aliphatic rings. The number of hydrogen-bond acceptors (Lipinski definition) is 5. The minimum absolute atomic E-state index is 0.0926. The Bertz CT molecular complexity index is 2460. The van der Waals surface area contributed by atoms with Gasteiger partial charge in [0.1, 0.15) is 0 Å². The molecule has 2 aromatic heterocycles. The molecule has 59 heavy (non-hydrogen) atoms. The summed E-state index contributed by atoms with van der Waals surface area (Å²) in [5.41, 5.74) is 11.4. The number of nitrogens with zero attached hydrogens (tertiary/aromatic N) is 6. The van der Waals surface area contributed by atoms with Crippen molar-refractivity contribution in [2.45, 2.75) is 72.3 Å². The lowest BCUT2D eigenvalue weighted by molar-refractivity contribution is 0.103. The summed E-state index contributed by atoms with van der Waals surface area (Å²) in [5, 5.41) is 20.0. The first-order valence-electron chi connectivity index (χ1n) is 20.7. The molecule has 0 fully saturated rings. The Balaban J connectivity index is 1.13. The molecule has 2 heterocycles. The van der Waals surface area contributed by atoms with Crippen LogP contribution < -0.4 is 0 Å². The summed E-state index contributed by atoms with van der Waals surface area (Å²) < 4.78 is 8.54. The Labute approximate surface area is 348 Å². The maximum atomic E-state index is 6.30. The summed E-state index contributed by atoms with van der Waals surface area (Å²) in [6.45, 7) is 10.9. The van der Waals surface area contributed by atoms with Gasteiger partial charge >= 0.3 is 0 Å². The van der Waals surface area contributed by atoms with E-state index in [-0.39, 0.29) is 5.41 Å². The van der Waals surface area contributed by atoms with Crippen LogP contribution in [0.1, 0.15) is 78.9 Å². The molecule has 7 nitrogen and oxygen atoms in total. The fraction of sp³-hybridized carbons (Fsp3) is 0.231. The molecule has 0 radical (unpaired) electrons. The van der Waals surface area contributed by atoms with Gasteiger partial charge in [-0.2, -0.15) is 5.10 Å². The molecule has 0 spiro atoms. The summed E-state index contributed by atoms with van der Waals surface area (Å²) in [5.74, 6) is 0.562. The molecule has 0 N–H and O–H groups in total. The predicted molar refractivity (Wildman–Crippen MR) is 237 cm³/mol. The lowest BCUT2D eigenvalue weighted by Crippen LogP contribution is -2.39. The largest absolute Gasteiger partial charge is 0.370 e. The van der Waals surface area contributed by atoms with Gasteiger partial charge in [0, 0.05) is 29.8 Å². The highest BCUT2D eigenvalue weighted by Crippen LogP contribution is 2.40. The highest BCUT2D eigenvalue weighted by molar-refractivity contribution is 5.80. The van der Waals surface area contributed by atoms with Gasteiger partial charge < -0.3 is 4.74 Å². The molecule has 0 aliphatic heterocycles. The average molecular weight is 777 g/mol.